The van der Waals surface area contributed by atoms with Crippen molar-refractivity contribution in [3.05, 3.63) is 47.4 Å². The van der Waals surface area contributed by atoms with E-state index < -0.39 is 0 Å². The predicted molar refractivity (Wildman–Crippen MR) is 107 cm³/mol. The Bertz CT molecular complexity index is 827. The van der Waals surface area contributed by atoms with Gasteiger partial charge >= 0.3 is 0 Å². The molecule has 2 saturated heterocycles. The van der Waals surface area contributed by atoms with E-state index in [9.17, 15) is 9.18 Å². The zero-order valence-corrected chi connectivity index (χ0v) is 16.3. The summed E-state index contributed by atoms with van der Waals surface area (Å²) in [6.45, 7) is 6.90. The van der Waals surface area contributed by atoms with Crippen LogP contribution in [0.4, 0.5) is 16.2 Å². The second-order valence-corrected chi connectivity index (χ2v) is 7.53. The fourth-order valence-corrected chi connectivity index (χ4v) is 3.83. The number of nitrogens with zero attached hydrogens (tertiary/aromatic N) is 5. The first-order valence-electron chi connectivity index (χ1n) is 9.96. The summed E-state index contributed by atoms with van der Waals surface area (Å²) < 4.78 is 13.0. The minimum atomic E-state index is -0.279. The van der Waals surface area contributed by atoms with Gasteiger partial charge in [-0.15, -0.1) is 0 Å². The van der Waals surface area contributed by atoms with E-state index in [1.165, 1.54) is 25.0 Å². The number of benzene rings is 1. The van der Waals surface area contributed by atoms with Crippen molar-refractivity contribution in [2.24, 2.45) is 0 Å². The molecular weight excluding hydrogens is 357 g/mol. The normalized spacial score (nSPS) is 17.3. The maximum Gasteiger partial charge on any atom is 0.227 e. The number of carbonyl (C=O) groups excluding carboxylic acids is 1. The lowest BCUT2D eigenvalue weighted by Crippen LogP contribution is -2.49. The zero-order chi connectivity index (χ0) is 19.5. The summed E-state index contributed by atoms with van der Waals surface area (Å²) in [5.74, 6) is 1.57. The van der Waals surface area contributed by atoms with Crippen LogP contribution < -0.4 is 9.80 Å². The van der Waals surface area contributed by atoms with E-state index in [4.69, 9.17) is 4.98 Å². The highest BCUT2D eigenvalue weighted by molar-refractivity contribution is 5.79. The second-order valence-electron chi connectivity index (χ2n) is 7.53. The fourth-order valence-electron chi connectivity index (χ4n) is 3.83. The molecule has 0 spiro atoms. The van der Waals surface area contributed by atoms with Crippen LogP contribution in [0, 0.1) is 12.7 Å². The topological polar surface area (TPSA) is 52.6 Å². The Kier molecular flexibility index (Phi) is 5.41. The Labute approximate surface area is 165 Å². The number of hydrogen-bond donors (Lipinski definition) is 0. The highest BCUT2D eigenvalue weighted by Crippen LogP contribution is 2.22. The molecule has 0 bridgehead atoms. The molecule has 0 aliphatic carbocycles. The van der Waals surface area contributed by atoms with E-state index in [0.717, 1.165) is 49.2 Å². The Morgan fingerprint density at radius 1 is 0.964 bits per heavy atom. The number of anilines is 2. The van der Waals surface area contributed by atoms with Gasteiger partial charge in [0, 0.05) is 51.0 Å². The summed E-state index contributed by atoms with van der Waals surface area (Å²) in [6, 6.07) is 8.17. The number of piperazine rings is 1. The van der Waals surface area contributed by atoms with Gasteiger partial charge in [0.15, 0.2) is 0 Å². The van der Waals surface area contributed by atoms with E-state index in [-0.39, 0.29) is 11.7 Å². The molecule has 2 aliphatic heterocycles. The number of aryl methyl sites for hydroxylation is 1. The average molecular weight is 383 g/mol. The molecule has 0 unspecified atom stereocenters. The second kappa shape index (κ2) is 8.12. The largest absolute Gasteiger partial charge is 0.353 e. The maximum atomic E-state index is 13.0. The summed E-state index contributed by atoms with van der Waals surface area (Å²) in [5, 5.41) is 0. The Balaban J connectivity index is 1.37. The molecule has 0 radical (unpaired) electrons. The van der Waals surface area contributed by atoms with Crippen molar-refractivity contribution in [3.63, 3.8) is 0 Å². The summed E-state index contributed by atoms with van der Waals surface area (Å²) in [5.41, 5.74) is 1.82. The molecule has 1 aromatic carbocycles. The van der Waals surface area contributed by atoms with Gasteiger partial charge in [0.1, 0.15) is 11.6 Å². The minimum absolute atomic E-state index is 0.0860. The van der Waals surface area contributed by atoms with Crippen LogP contribution in [0.2, 0.25) is 0 Å². The molecule has 6 nitrogen and oxygen atoms in total. The van der Waals surface area contributed by atoms with Gasteiger partial charge in [-0.25, -0.2) is 9.37 Å². The molecule has 2 fully saturated rings. The molecule has 7 heteroatoms. The van der Waals surface area contributed by atoms with Crippen LogP contribution in [0.5, 0.6) is 0 Å². The van der Waals surface area contributed by atoms with E-state index >= 15 is 0 Å². The lowest BCUT2D eigenvalue weighted by atomic mass is 10.1. The van der Waals surface area contributed by atoms with E-state index in [0.29, 0.717) is 19.5 Å². The van der Waals surface area contributed by atoms with E-state index in [2.05, 4.69) is 14.8 Å². The lowest BCUT2D eigenvalue weighted by molar-refractivity contribution is -0.130. The molecular formula is C21H26FN5O. The van der Waals surface area contributed by atoms with Crippen LogP contribution in [-0.4, -0.2) is 60.0 Å². The Hall–Kier alpha value is -2.70. The first-order chi connectivity index (χ1) is 13.6. The molecule has 4 rings (SSSR count). The fraction of sp³-hybridized carbons (Fsp3) is 0.476. The summed E-state index contributed by atoms with van der Waals surface area (Å²) in [4.78, 5) is 28.3. The zero-order valence-electron chi connectivity index (χ0n) is 16.3. The third kappa shape index (κ3) is 4.24. The van der Waals surface area contributed by atoms with E-state index in [1.54, 1.807) is 12.1 Å². The van der Waals surface area contributed by atoms with Crippen molar-refractivity contribution in [2.75, 3.05) is 49.1 Å². The number of carbonyl (C=O) groups is 1. The van der Waals surface area contributed by atoms with Gasteiger partial charge < -0.3 is 14.7 Å². The van der Waals surface area contributed by atoms with Crippen LogP contribution in [0.15, 0.2) is 30.3 Å². The van der Waals surface area contributed by atoms with Gasteiger partial charge in [-0.05, 0) is 37.5 Å². The number of halogens is 1. The molecule has 0 atom stereocenters. The van der Waals surface area contributed by atoms with Crippen molar-refractivity contribution < 1.29 is 9.18 Å². The molecule has 28 heavy (non-hydrogen) atoms. The molecule has 0 N–H and O–H groups in total. The molecule has 2 aliphatic rings. The molecule has 3 heterocycles. The third-order valence-corrected chi connectivity index (χ3v) is 5.44. The number of aromatic nitrogens is 2. The van der Waals surface area contributed by atoms with Gasteiger partial charge in [-0.2, -0.15) is 4.98 Å². The highest BCUT2D eigenvalue weighted by atomic mass is 19.1. The van der Waals surface area contributed by atoms with Gasteiger partial charge in [-0.3, -0.25) is 4.79 Å². The number of rotatable bonds is 4. The van der Waals surface area contributed by atoms with Crippen molar-refractivity contribution in [3.8, 4) is 0 Å². The van der Waals surface area contributed by atoms with Crippen molar-refractivity contribution in [1.29, 1.82) is 0 Å². The monoisotopic (exact) mass is 383 g/mol. The third-order valence-electron chi connectivity index (χ3n) is 5.44. The summed E-state index contributed by atoms with van der Waals surface area (Å²) >= 11 is 0. The van der Waals surface area contributed by atoms with Crippen LogP contribution >= 0.6 is 0 Å². The molecule has 148 valence electrons. The SMILES string of the molecule is Cc1cc(N2CCN(C(=O)Cc3ccc(F)cc3)CC2)nc(N2CCCC2)n1. The molecule has 0 saturated carbocycles. The standard InChI is InChI=1S/C21H26FN5O/c1-16-14-19(24-21(23-16)27-8-2-3-9-27)25-10-12-26(13-11-25)20(28)15-17-4-6-18(22)7-5-17/h4-7,14H,2-3,8-13,15H2,1H3. The Morgan fingerprint density at radius 2 is 1.64 bits per heavy atom. The summed E-state index contributed by atoms with van der Waals surface area (Å²) in [7, 11) is 0. The van der Waals surface area contributed by atoms with Crippen LogP contribution in [-0.2, 0) is 11.2 Å². The number of amides is 1. The van der Waals surface area contributed by atoms with Crippen LogP contribution in [0.1, 0.15) is 24.1 Å². The smallest absolute Gasteiger partial charge is 0.227 e. The highest BCUT2D eigenvalue weighted by Gasteiger charge is 2.23. The van der Waals surface area contributed by atoms with Crippen molar-refractivity contribution in [2.45, 2.75) is 26.2 Å². The molecule has 1 amide bonds. The lowest BCUT2D eigenvalue weighted by Gasteiger charge is -2.36. The minimum Gasteiger partial charge on any atom is -0.353 e. The first kappa shape index (κ1) is 18.7. The van der Waals surface area contributed by atoms with Gasteiger partial charge in [0.2, 0.25) is 11.9 Å². The summed E-state index contributed by atoms with van der Waals surface area (Å²) in [6.07, 6.45) is 2.70. The van der Waals surface area contributed by atoms with Crippen molar-refractivity contribution in [1.82, 2.24) is 14.9 Å². The van der Waals surface area contributed by atoms with Crippen molar-refractivity contribution >= 4 is 17.7 Å². The van der Waals surface area contributed by atoms with Crippen LogP contribution in [0.25, 0.3) is 0 Å². The number of hydrogen-bond acceptors (Lipinski definition) is 5. The van der Waals surface area contributed by atoms with Gasteiger partial charge in [0.25, 0.3) is 0 Å². The Morgan fingerprint density at radius 3 is 2.32 bits per heavy atom. The first-order valence-corrected chi connectivity index (χ1v) is 9.96. The average Bonchev–Trinajstić information content (AvgIpc) is 3.24. The predicted octanol–water partition coefficient (Wildman–Crippen LogP) is 2.42. The molecule has 2 aromatic rings. The maximum absolute atomic E-state index is 13.0. The van der Waals surface area contributed by atoms with Gasteiger partial charge in [-0.1, -0.05) is 12.1 Å². The molecule has 1 aromatic heterocycles. The van der Waals surface area contributed by atoms with E-state index in [1.807, 2.05) is 17.9 Å². The van der Waals surface area contributed by atoms with Gasteiger partial charge in [0.05, 0.1) is 6.42 Å². The van der Waals surface area contributed by atoms with Crippen LogP contribution in [0.3, 0.4) is 0 Å². The quantitative estimate of drug-likeness (QED) is 0.812.